The standard InChI is InChI=1S/C12H19ClN4/c1-12(2,3)7-17(4)11-9(13)8(10(14)15)5-6-16-11/h5-6H,7H2,1-4H3,(H3,14,15). The van der Waals surface area contributed by atoms with E-state index in [1.807, 2.05) is 11.9 Å². The number of amidine groups is 1. The second-order valence-electron chi connectivity index (χ2n) is 5.33. The Labute approximate surface area is 107 Å². The Morgan fingerprint density at radius 2 is 2.12 bits per heavy atom. The monoisotopic (exact) mass is 254 g/mol. The summed E-state index contributed by atoms with van der Waals surface area (Å²) in [5.41, 5.74) is 6.13. The summed E-state index contributed by atoms with van der Waals surface area (Å²) in [6.07, 6.45) is 1.62. The fourth-order valence-electron chi connectivity index (χ4n) is 1.69. The van der Waals surface area contributed by atoms with Crippen LogP contribution in [0.3, 0.4) is 0 Å². The van der Waals surface area contributed by atoms with Crippen molar-refractivity contribution in [3.05, 3.63) is 22.8 Å². The zero-order chi connectivity index (χ0) is 13.2. The molecule has 0 fully saturated rings. The number of hydrogen-bond acceptors (Lipinski definition) is 3. The van der Waals surface area contributed by atoms with Crippen molar-refractivity contribution in [1.82, 2.24) is 4.98 Å². The van der Waals surface area contributed by atoms with Gasteiger partial charge in [-0.3, -0.25) is 5.41 Å². The van der Waals surface area contributed by atoms with Gasteiger partial charge in [0.2, 0.25) is 0 Å². The molecule has 0 aliphatic carbocycles. The molecule has 17 heavy (non-hydrogen) atoms. The first-order chi connectivity index (χ1) is 7.72. The molecule has 4 nitrogen and oxygen atoms in total. The van der Waals surface area contributed by atoms with E-state index in [1.165, 1.54) is 0 Å². The van der Waals surface area contributed by atoms with Gasteiger partial charge in [-0.1, -0.05) is 32.4 Å². The second-order valence-corrected chi connectivity index (χ2v) is 5.70. The molecule has 0 atom stereocenters. The summed E-state index contributed by atoms with van der Waals surface area (Å²) in [5.74, 6) is 0.622. The van der Waals surface area contributed by atoms with Gasteiger partial charge in [0.1, 0.15) is 11.7 Å². The van der Waals surface area contributed by atoms with Gasteiger partial charge in [0, 0.05) is 25.4 Å². The minimum Gasteiger partial charge on any atom is -0.384 e. The molecule has 0 radical (unpaired) electrons. The van der Waals surface area contributed by atoms with Crippen LogP contribution in [-0.4, -0.2) is 24.4 Å². The predicted octanol–water partition coefficient (Wildman–Crippen LogP) is 2.50. The average molecular weight is 255 g/mol. The van der Waals surface area contributed by atoms with Gasteiger partial charge in [0.15, 0.2) is 0 Å². The van der Waals surface area contributed by atoms with Crippen molar-refractivity contribution in [1.29, 1.82) is 5.41 Å². The Morgan fingerprint density at radius 1 is 1.53 bits per heavy atom. The lowest BCUT2D eigenvalue weighted by Gasteiger charge is -2.28. The Bertz CT molecular complexity index is 423. The molecule has 0 amide bonds. The van der Waals surface area contributed by atoms with Gasteiger partial charge in [-0.05, 0) is 11.5 Å². The maximum absolute atomic E-state index is 7.44. The molecular weight excluding hydrogens is 236 g/mol. The van der Waals surface area contributed by atoms with Crippen LogP contribution in [0.15, 0.2) is 12.3 Å². The molecule has 0 aliphatic heterocycles. The van der Waals surface area contributed by atoms with Crippen LogP contribution < -0.4 is 10.6 Å². The highest BCUT2D eigenvalue weighted by atomic mass is 35.5. The lowest BCUT2D eigenvalue weighted by Crippen LogP contribution is -2.30. The molecule has 1 aromatic rings. The van der Waals surface area contributed by atoms with Crippen LogP contribution in [0.4, 0.5) is 5.82 Å². The van der Waals surface area contributed by atoms with E-state index in [2.05, 4.69) is 25.8 Å². The van der Waals surface area contributed by atoms with Crippen LogP contribution in [0.1, 0.15) is 26.3 Å². The number of halogens is 1. The van der Waals surface area contributed by atoms with Gasteiger partial charge in [-0.2, -0.15) is 0 Å². The number of nitrogens with one attached hydrogen (secondary N) is 1. The highest BCUT2D eigenvalue weighted by Crippen LogP contribution is 2.28. The number of nitrogens with two attached hydrogens (primary N) is 1. The zero-order valence-electron chi connectivity index (χ0n) is 10.7. The number of nitrogens with zero attached hydrogens (tertiary/aromatic N) is 2. The summed E-state index contributed by atoms with van der Waals surface area (Å²) in [5, 5.41) is 7.88. The number of hydrogen-bond donors (Lipinski definition) is 2. The smallest absolute Gasteiger partial charge is 0.147 e. The molecule has 0 spiro atoms. The topological polar surface area (TPSA) is 66.0 Å². The maximum Gasteiger partial charge on any atom is 0.147 e. The Kier molecular flexibility index (Phi) is 3.98. The van der Waals surface area contributed by atoms with Gasteiger partial charge < -0.3 is 10.6 Å². The van der Waals surface area contributed by atoms with Crippen LogP contribution in [0.2, 0.25) is 5.02 Å². The van der Waals surface area contributed by atoms with Crippen LogP contribution in [0.5, 0.6) is 0 Å². The molecule has 0 saturated heterocycles. The molecular formula is C12H19ClN4. The van der Waals surface area contributed by atoms with Gasteiger partial charge in [-0.15, -0.1) is 0 Å². The van der Waals surface area contributed by atoms with Crippen molar-refractivity contribution in [2.75, 3.05) is 18.5 Å². The van der Waals surface area contributed by atoms with Crippen molar-refractivity contribution in [3.8, 4) is 0 Å². The van der Waals surface area contributed by atoms with E-state index in [1.54, 1.807) is 12.3 Å². The van der Waals surface area contributed by atoms with Crippen LogP contribution in [0, 0.1) is 10.8 Å². The fourth-order valence-corrected chi connectivity index (χ4v) is 2.05. The van der Waals surface area contributed by atoms with E-state index in [0.29, 0.717) is 16.4 Å². The van der Waals surface area contributed by atoms with Gasteiger partial charge in [0.05, 0.1) is 5.02 Å². The van der Waals surface area contributed by atoms with E-state index in [0.717, 1.165) is 6.54 Å². The summed E-state index contributed by atoms with van der Waals surface area (Å²) in [6, 6.07) is 1.65. The molecule has 0 bridgehead atoms. The summed E-state index contributed by atoms with van der Waals surface area (Å²) >= 11 is 6.20. The van der Waals surface area contributed by atoms with Crippen molar-refractivity contribution < 1.29 is 0 Å². The first kappa shape index (κ1) is 13.8. The molecule has 1 aromatic heterocycles. The molecule has 1 rings (SSSR count). The van der Waals surface area contributed by atoms with E-state index < -0.39 is 0 Å². The lowest BCUT2D eigenvalue weighted by atomic mass is 9.96. The number of rotatable bonds is 3. The zero-order valence-corrected chi connectivity index (χ0v) is 11.5. The summed E-state index contributed by atoms with van der Waals surface area (Å²) in [7, 11) is 1.93. The quantitative estimate of drug-likeness (QED) is 0.643. The third-order valence-corrected chi connectivity index (χ3v) is 2.61. The second kappa shape index (κ2) is 4.92. The summed E-state index contributed by atoms with van der Waals surface area (Å²) in [4.78, 5) is 6.23. The minimum absolute atomic E-state index is 0.0391. The lowest BCUT2D eigenvalue weighted by molar-refractivity contribution is 0.418. The van der Waals surface area contributed by atoms with E-state index in [-0.39, 0.29) is 11.3 Å². The number of nitrogen functional groups attached to an aromatic ring is 1. The van der Waals surface area contributed by atoms with E-state index in [9.17, 15) is 0 Å². The van der Waals surface area contributed by atoms with Crippen molar-refractivity contribution in [2.24, 2.45) is 11.1 Å². The van der Waals surface area contributed by atoms with Crippen molar-refractivity contribution in [3.63, 3.8) is 0 Å². The Morgan fingerprint density at radius 3 is 2.59 bits per heavy atom. The normalized spacial score (nSPS) is 11.4. The molecule has 0 saturated carbocycles. The highest BCUT2D eigenvalue weighted by molar-refractivity contribution is 6.36. The van der Waals surface area contributed by atoms with E-state index in [4.69, 9.17) is 22.7 Å². The summed E-state index contributed by atoms with van der Waals surface area (Å²) in [6.45, 7) is 7.26. The molecule has 0 unspecified atom stereocenters. The first-order valence-corrected chi connectivity index (χ1v) is 5.80. The predicted molar refractivity (Wildman–Crippen MR) is 73.0 cm³/mol. The first-order valence-electron chi connectivity index (χ1n) is 5.42. The van der Waals surface area contributed by atoms with Gasteiger partial charge in [0.25, 0.3) is 0 Å². The Balaban J connectivity index is 3.07. The van der Waals surface area contributed by atoms with Crippen LogP contribution in [-0.2, 0) is 0 Å². The summed E-state index contributed by atoms with van der Waals surface area (Å²) < 4.78 is 0. The average Bonchev–Trinajstić information content (AvgIpc) is 2.14. The maximum atomic E-state index is 7.44. The molecule has 0 aromatic carbocycles. The fraction of sp³-hybridized carbons (Fsp3) is 0.500. The van der Waals surface area contributed by atoms with Gasteiger partial charge >= 0.3 is 0 Å². The third-order valence-electron chi connectivity index (χ3n) is 2.23. The third kappa shape index (κ3) is 3.60. The molecule has 3 N–H and O–H groups in total. The van der Waals surface area contributed by atoms with Crippen molar-refractivity contribution in [2.45, 2.75) is 20.8 Å². The minimum atomic E-state index is -0.0391. The number of anilines is 1. The Hall–Kier alpha value is -1.29. The van der Waals surface area contributed by atoms with E-state index >= 15 is 0 Å². The van der Waals surface area contributed by atoms with Gasteiger partial charge in [-0.25, -0.2) is 4.98 Å². The number of aromatic nitrogens is 1. The molecule has 1 heterocycles. The number of pyridine rings is 1. The molecule has 94 valence electrons. The highest BCUT2D eigenvalue weighted by Gasteiger charge is 2.18. The molecule has 0 aliphatic rings. The SMILES string of the molecule is CN(CC(C)(C)C)c1nccc(C(=N)N)c1Cl. The van der Waals surface area contributed by atoms with Crippen molar-refractivity contribution >= 4 is 23.3 Å². The van der Waals surface area contributed by atoms with Crippen LogP contribution >= 0.6 is 11.6 Å². The van der Waals surface area contributed by atoms with Crippen LogP contribution in [0.25, 0.3) is 0 Å². The molecule has 5 heteroatoms. The largest absolute Gasteiger partial charge is 0.384 e.